The summed E-state index contributed by atoms with van der Waals surface area (Å²) in [4.78, 5) is 0. The molecule has 0 aromatic heterocycles. The fourth-order valence-corrected chi connectivity index (χ4v) is 3.12. The number of hydrogen-bond acceptors (Lipinski definition) is 2. The third kappa shape index (κ3) is 2.74. The smallest absolute Gasteiger partial charge is 0.123 e. The van der Waals surface area contributed by atoms with Crippen LogP contribution in [0.15, 0.2) is 35.9 Å². The highest BCUT2D eigenvalue weighted by atomic mass is 16.3. The molecular formula is C18H24O2. The van der Waals surface area contributed by atoms with Crippen molar-refractivity contribution < 1.29 is 10.2 Å². The fraction of sp³-hybridized carbons (Fsp3) is 0.444. The summed E-state index contributed by atoms with van der Waals surface area (Å²) in [5, 5.41) is 20.1. The van der Waals surface area contributed by atoms with Gasteiger partial charge in [0.15, 0.2) is 0 Å². The standard InChI is InChI=1S/C18H24O2/c1-5-13-9-16(18(20)10-17(13)19)15-8-12(4)6-7-14(15)11(2)3/h8-10,14-15,19-20H,2,5-7H2,1,3-4H3/t14-,15+/m0/s1. The van der Waals surface area contributed by atoms with Gasteiger partial charge in [-0.05, 0) is 50.7 Å². The van der Waals surface area contributed by atoms with Crippen molar-refractivity contribution in [3.8, 4) is 11.5 Å². The Labute approximate surface area is 121 Å². The van der Waals surface area contributed by atoms with Crippen molar-refractivity contribution >= 4 is 0 Å². The number of phenols is 2. The first-order chi connectivity index (χ1) is 9.43. The van der Waals surface area contributed by atoms with Gasteiger partial charge in [0.05, 0.1) is 0 Å². The topological polar surface area (TPSA) is 40.5 Å². The van der Waals surface area contributed by atoms with Crippen molar-refractivity contribution in [1.82, 2.24) is 0 Å². The maximum absolute atomic E-state index is 10.2. The van der Waals surface area contributed by atoms with E-state index in [0.717, 1.165) is 36.0 Å². The number of allylic oxidation sites excluding steroid dienone is 3. The Morgan fingerprint density at radius 2 is 2.00 bits per heavy atom. The summed E-state index contributed by atoms with van der Waals surface area (Å²) in [5.74, 6) is 0.880. The van der Waals surface area contributed by atoms with Gasteiger partial charge in [-0.2, -0.15) is 0 Å². The van der Waals surface area contributed by atoms with Crippen molar-refractivity contribution in [2.75, 3.05) is 0 Å². The average molecular weight is 272 g/mol. The lowest BCUT2D eigenvalue weighted by Crippen LogP contribution is -2.17. The van der Waals surface area contributed by atoms with Crippen molar-refractivity contribution in [3.05, 3.63) is 47.1 Å². The summed E-state index contributed by atoms with van der Waals surface area (Å²) in [6.07, 6.45) is 5.16. The van der Waals surface area contributed by atoms with Crippen molar-refractivity contribution in [3.63, 3.8) is 0 Å². The maximum Gasteiger partial charge on any atom is 0.123 e. The number of phenolic OH excluding ortho intramolecular Hbond substituents is 2. The number of benzene rings is 1. The molecule has 0 bridgehead atoms. The van der Waals surface area contributed by atoms with Gasteiger partial charge in [0, 0.05) is 17.5 Å². The summed E-state index contributed by atoms with van der Waals surface area (Å²) >= 11 is 0. The quantitative estimate of drug-likeness (QED) is 0.785. The van der Waals surface area contributed by atoms with E-state index in [2.05, 4.69) is 26.5 Å². The van der Waals surface area contributed by atoms with Gasteiger partial charge in [-0.1, -0.05) is 30.7 Å². The third-order valence-corrected chi connectivity index (χ3v) is 4.35. The van der Waals surface area contributed by atoms with Crippen LogP contribution in [-0.2, 0) is 6.42 Å². The Morgan fingerprint density at radius 1 is 1.30 bits per heavy atom. The SMILES string of the molecule is C=C(C)[C@@H]1CCC(C)=C[C@H]1c1cc(CC)c(O)cc1O. The highest BCUT2D eigenvalue weighted by molar-refractivity contribution is 5.49. The number of rotatable bonds is 3. The monoisotopic (exact) mass is 272 g/mol. The largest absolute Gasteiger partial charge is 0.508 e. The normalized spacial score (nSPS) is 22.4. The first-order valence-corrected chi connectivity index (χ1v) is 7.31. The molecule has 20 heavy (non-hydrogen) atoms. The highest BCUT2D eigenvalue weighted by Crippen LogP contribution is 2.44. The van der Waals surface area contributed by atoms with E-state index in [1.165, 1.54) is 11.6 Å². The van der Waals surface area contributed by atoms with Crippen LogP contribution < -0.4 is 0 Å². The molecule has 0 spiro atoms. The predicted molar refractivity (Wildman–Crippen MR) is 83.2 cm³/mol. The second kappa shape index (κ2) is 5.74. The van der Waals surface area contributed by atoms with Crippen LogP contribution in [0.3, 0.4) is 0 Å². The van der Waals surface area contributed by atoms with Gasteiger partial charge in [-0.3, -0.25) is 0 Å². The lowest BCUT2D eigenvalue weighted by atomic mass is 9.74. The molecular weight excluding hydrogens is 248 g/mol. The Kier molecular flexibility index (Phi) is 4.22. The van der Waals surface area contributed by atoms with Gasteiger partial charge in [0.1, 0.15) is 11.5 Å². The molecule has 0 fully saturated rings. The molecule has 2 N–H and O–H groups in total. The summed E-state index contributed by atoms with van der Waals surface area (Å²) in [6, 6.07) is 3.42. The van der Waals surface area contributed by atoms with E-state index in [1.54, 1.807) is 0 Å². The van der Waals surface area contributed by atoms with Crippen LogP contribution in [0.25, 0.3) is 0 Å². The van der Waals surface area contributed by atoms with Crippen molar-refractivity contribution in [2.45, 2.75) is 46.0 Å². The van der Waals surface area contributed by atoms with E-state index in [9.17, 15) is 10.2 Å². The zero-order chi connectivity index (χ0) is 14.9. The van der Waals surface area contributed by atoms with Gasteiger partial charge < -0.3 is 10.2 Å². The van der Waals surface area contributed by atoms with Crippen LogP contribution in [0.1, 0.15) is 50.7 Å². The molecule has 108 valence electrons. The minimum Gasteiger partial charge on any atom is -0.508 e. The Balaban J connectivity index is 2.52. The van der Waals surface area contributed by atoms with Gasteiger partial charge in [-0.15, -0.1) is 0 Å². The van der Waals surface area contributed by atoms with Gasteiger partial charge in [0.25, 0.3) is 0 Å². The molecule has 0 saturated carbocycles. The van der Waals surface area contributed by atoms with Gasteiger partial charge >= 0.3 is 0 Å². The number of aryl methyl sites for hydroxylation is 1. The molecule has 0 unspecified atom stereocenters. The first kappa shape index (κ1) is 14.7. The van der Waals surface area contributed by atoms with Crippen LogP contribution in [-0.4, -0.2) is 10.2 Å². The molecule has 0 heterocycles. The summed E-state index contributed by atoms with van der Waals surface area (Å²) < 4.78 is 0. The summed E-state index contributed by atoms with van der Waals surface area (Å²) in [7, 11) is 0. The Bertz CT molecular complexity index is 555. The van der Waals surface area contributed by atoms with E-state index < -0.39 is 0 Å². The molecule has 1 aliphatic carbocycles. The Morgan fingerprint density at radius 3 is 2.60 bits per heavy atom. The lowest BCUT2D eigenvalue weighted by molar-refractivity contribution is 0.424. The lowest BCUT2D eigenvalue weighted by Gasteiger charge is -2.31. The predicted octanol–water partition coefficient (Wildman–Crippen LogP) is 4.68. The van der Waals surface area contributed by atoms with Crippen LogP contribution >= 0.6 is 0 Å². The van der Waals surface area contributed by atoms with Crippen molar-refractivity contribution in [1.29, 1.82) is 0 Å². The summed E-state index contributed by atoms with van der Waals surface area (Å²) in [5.41, 5.74) is 4.31. The molecule has 0 saturated heterocycles. The number of aromatic hydroxyl groups is 2. The molecule has 0 amide bonds. The average Bonchev–Trinajstić information content (AvgIpc) is 2.38. The van der Waals surface area contributed by atoms with Crippen LogP contribution in [0.5, 0.6) is 11.5 Å². The molecule has 2 nitrogen and oxygen atoms in total. The van der Waals surface area contributed by atoms with Gasteiger partial charge in [0.2, 0.25) is 0 Å². The van der Waals surface area contributed by atoms with Crippen LogP contribution in [0, 0.1) is 5.92 Å². The number of hydrogen-bond donors (Lipinski definition) is 2. The molecule has 1 aromatic carbocycles. The zero-order valence-electron chi connectivity index (χ0n) is 12.6. The second-order valence-electron chi connectivity index (χ2n) is 5.92. The van der Waals surface area contributed by atoms with E-state index in [0.29, 0.717) is 5.92 Å². The third-order valence-electron chi connectivity index (χ3n) is 4.35. The van der Waals surface area contributed by atoms with Gasteiger partial charge in [-0.25, -0.2) is 0 Å². The zero-order valence-corrected chi connectivity index (χ0v) is 12.6. The van der Waals surface area contributed by atoms with E-state index in [-0.39, 0.29) is 17.4 Å². The van der Waals surface area contributed by atoms with E-state index in [1.807, 2.05) is 13.0 Å². The van der Waals surface area contributed by atoms with Crippen molar-refractivity contribution in [2.24, 2.45) is 5.92 Å². The molecule has 0 radical (unpaired) electrons. The molecule has 2 heteroatoms. The molecule has 0 aliphatic heterocycles. The molecule has 1 aliphatic rings. The van der Waals surface area contributed by atoms with Crippen LogP contribution in [0.2, 0.25) is 0 Å². The second-order valence-corrected chi connectivity index (χ2v) is 5.92. The van der Waals surface area contributed by atoms with E-state index >= 15 is 0 Å². The maximum atomic E-state index is 10.2. The van der Waals surface area contributed by atoms with E-state index in [4.69, 9.17) is 0 Å². The summed E-state index contributed by atoms with van der Waals surface area (Å²) in [6.45, 7) is 10.3. The molecule has 1 aromatic rings. The van der Waals surface area contributed by atoms with Crippen LogP contribution in [0.4, 0.5) is 0 Å². The fourth-order valence-electron chi connectivity index (χ4n) is 3.12. The highest BCUT2D eigenvalue weighted by Gasteiger charge is 2.28. The minimum atomic E-state index is 0.159. The molecule has 2 atom stereocenters. The minimum absolute atomic E-state index is 0.159. The Hall–Kier alpha value is -1.70. The molecule has 2 rings (SSSR count). The first-order valence-electron chi connectivity index (χ1n) is 7.31.